The molecule has 0 saturated heterocycles. The van der Waals surface area contributed by atoms with Gasteiger partial charge in [-0.25, -0.2) is 4.98 Å². The Morgan fingerprint density at radius 2 is 1.32 bits per heavy atom. The first-order valence-corrected chi connectivity index (χ1v) is 8.06. The van der Waals surface area contributed by atoms with Crippen LogP contribution in [-0.4, -0.2) is 19.2 Å². The van der Waals surface area contributed by atoms with Crippen molar-refractivity contribution >= 4 is 33.2 Å². The van der Waals surface area contributed by atoms with Gasteiger partial charge in [-0.15, -0.1) is 0 Å². The van der Waals surface area contributed by atoms with Gasteiger partial charge in [-0.3, -0.25) is 0 Å². The van der Waals surface area contributed by atoms with Crippen molar-refractivity contribution in [1.29, 1.82) is 0 Å². The van der Waals surface area contributed by atoms with Crippen LogP contribution in [0.3, 0.4) is 0 Å². The van der Waals surface area contributed by atoms with Crippen molar-refractivity contribution in [2.75, 3.05) is 19.5 Å². The van der Waals surface area contributed by atoms with Gasteiger partial charge in [0.2, 0.25) is 0 Å². The monoisotopic (exact) mass is 330 g/mol. The molecule has 1 N–H and O–H groups in total. The molecule has 4 heteroatoms. The number of hydrogen-bond acceptors (Lipinski definition) is 4. The zero-order chi connectivity index (χ0) is 17.2. The number of methoxy groups -OCH3 is 2. The van der Waals surface area contributed by atoms with Gasteiger partial charge >= 0.3 is 0 Å². The largest absolute Gasteiger partial charge is 0.493 e. The van der Waals surface area contributed by atoms with E-state index in [9.17, 15) is 0 Å². The lowest BCUT2D eigenvalue weighted by Gasteiger charge is -2.15. The van der Waals surface area contributed by atoms with Gasteiger partial charge in [0.25, 0.3) is 0 Å². The first kappa shape index (κ1) is 15.3. The number of nitrogens with one attached hydrogen (secondary N) is 1. The van der Waals surface area contributed by atoms with Gasteiger partial charge in [-0.2, -0.15) is 0 Å². The van der Waals surface area contributed by atoms with E-state index in [1.807, 2.05) is 54.6 Å². The van der Waals surface area contributed by atoms with Crippen molar-refractivity contribution in [3.63, 3.8) is 0 Å². The topological polar surface area (TPSA) is 43.4 Å². The fourth-order valence-electron chi connectivity index (χ4n) is 3.03. The minimum atomic E-state index is 0.690. The summed E-state index contributed by atoms with van der Waals surface area (Å²) in [7, 11) is 3.27. The Morgan fingerprint density at radius 3 is 1.92 bits per heavy atom. The van der Waals surface area contributed by atoms with Crippen LogP contribution < -0.4 is 14.8 Å². The van der Waals surface area contributed by atoms with E-state index >= 15 is 0 Å². The van der Waals surface area contributed by atoms with Crippen molar-refractivity contribution in [3.05, 3.63) is 66.7 Å². The van der Waals surface area contributed by atoms with Gasteiger partial charge in [0.05, 0.1) is 30.9 Å². The number of ether oxygens (including phenoxy) is 2. The van der Waals surface area contributed by atoms with Crippen molar-refractivity contribution in [2.45, 2.75) is 0 Å². The first-order chi connectivity index (χ1) is 12.3. The first-order valence-electron chi connectivity index (χ1n) is 8.06. The molecule has 0 radical (unpaired) electrons. The lowest BCUT2D eigenvalue weighted by atomic mass is 10.1. The van der Waals surface area contributed by atoms with Crippen molar-refractivity contribution in [3.8, 4) is 11.5 Å². The predicted molar refractivity (Wildman–Crippen MR) is 102 cm³/mol. The Bertz CT molecular complexity index is 1010. The van der Waals surface area contributed by atoms with Crippen LogP contribution in [0.1, 0.15) is 0 Å². The number of para-hydroxylation sites is 2. The zero-order valence-corrected chi connectivity index (χ0v) is 14.1. The summed E-state index contributed by atoms with van der Waals surface area (Å²) in [5.41, 5.74) is 3.89. The van der Waals surface area contributed by atoms with Crippen LogP contribution >= 0.6 is 0 Å². The van der Waals surface area contributed by atoms with Crippen LogP contribution in [0.25, 0.3) is 21.8 Å². The average Bonchev–Trinajstić information content (AvgIpc) is 2.67. The van der Waals surface area contributed by atoms with Crippen LogP contribution in [0.5, 0.6) is 11.5 Å². The molecule has 1 aromatic heterocycles. The molecule has 0 aliphatic heterocycles. The van der Waals surface area contributed by atoms with E-state index in [0.717, 1.165) is 33.2 Å². The molecular formula is C21H18N2O2. The molecule has 0 spiro atoms. The maximum Gasteiger partial charge on any atom is 0.162 e. The highest BCUT2D eigenvalue weighted by molar-refractivity contribution is 6.08. The molecule has 4 rings (SSSR count). The maximum absolute atomic E-state index is 5.41. The van der Waals surface area contributed by atoms with Gasteiger partial charge in [0.15, 0.2) is 11.5 Å². The molecule has 4 aromatic rings. The predicted octanol–water partition coefficient (Wildman–Crippen LogP) is 5.15. The number of nitrogens with zero attached hydrogens (tertiary/aromatic N) is 1. The molecule has 0 bridgehead atoms. The SMILES string of the molecule is COc1ccc(Nc2c3ccccc3nc3ccccc23)cc1OC. The maximum atomic E-state index is 5.41. The number of fused-ring (bicyclic) bond motifs is 2. The van der Waals surface area contributed by atoms with Crippen molar-refractivity contribution in [2.24, 2.45) is 0 Å². The Hall–Kier alpha value is -3.27. The van der Waals surface area contributed by atoms with Crippen LogP contribution in [-0.2, 0) is 0 Å². The third-order valence-corrected chi connectivity index (χ3v) is 4.24. The summed E-state index contributed by atoms with van der Waals surface area (Å²) < 4.78 is 10.7. The third kappa shape index (κ3) is 2.72. The fraction of sp³-hybridized carbons (Fsp3) is 0.0952. The molecule has 0 atom stereocenters. The summed E-state index contributed by atoms with van der Waals surface area (Å²) in [6.45, 7) is 0. The Morgan fingerprint density at radius 1 is 0.720 bits per heavy atom. The molecule has 0 aliphatic rings. The van der Waals surface area contributed by atoms with Gasteiger partial charge in [0, 0.05) is 22.5 Å². The number of aromatic nitrogens is 1. The highest BCUT2D eigenvalue weighted by Gasteiger charge is 2.10. The Balaban J connectivity index is 1.90. The lowest BCUT2D eigenvalue weighted by molar-refractivity contribution is 0.355. The Labute approximate surface area is 146 Å². The molecule has 0 fully saturated rings. The van der Waals surface area contributed by atoms with Crippen LogP contribution in [0.4, 0.5) is 11.4 Å². The van der Waals surface area contributed by atoms with E-state index in [1.165, 1.54) is 0 Å². The van der Waals surface area contributed by atoms with E-state index in [1.54, 1.807) is 14.2 Å². The van der Waals surface area contributed by atoms with Gasteiger partial charge in [-0.1, -0.05) is 36.4 Å². The van der Waals surface area contributed by atoms with E-state index in [-0.39, 0.29) is 0 Å². The van der Waals surface area contributed by atoms with E-state index in [4.69, 9.17) is 14.5 Å². The number of benzene rings is 3. The van der Waals surface area contributed by atoms with Gasteiger partial charge in [-0.05, 0) is 24.3 Å². The smallest absolute Gasteiger partial charge is 0.162 e. The number of rotatable bonds is 4. The average molecular weight is 330 g/mol. The summed E-state index contributed by atoms with van der Waals surface area (Å²) >= 11 is 0. The van der Waals surface area contributed by atoms with Crippen LogP contribution in [0.2, 0.25) is 0 Å². The molecule has 0 amide bonds. The second-order valence-electron chi connectivity index (χ2n) is 5.72. The normalized spacial score (nSPS) is 10.8. The number of anilines is 2. The molecule has 3 aromatic carbocycles. The molecule has 0 saturated carbocycles. The quantitative estimate of drug-likeness (QED) is 0.526. The summed E-state index contributed by atoms with van der Waals surface area (Å²) in [4.78, 5) is 4.76. The van der Waals surface area contributed by atoms with E-state index < -0.39 is 0 Å². The van der Waals surface area contributed by atoms with E-state index in [2.05, 4.69) is 17.4 Å². The molecule has 0 unspecified atom stereocenters. The number of hydrogen-bond donors (Lipinski definition) is 1. The molecule has 0 aliphatic carbocycles. The minimum absolute atomic E-state index is 0.690. The molecule has 4 nitrogen and oxygen atoms in total. The van der Waals surface area contributed by atoms with E-state index in [0.29, 0.717) is 11.5 Å². The lowest BCUT2D eigenvalue weighted by Crippen LogP contribution is -1.97. The van der Waals surface area contributed by atoms with Crippen LogP contribution in [0.15, 0.2) is 66.7 Å². The third-order valence-electron chi connectivity index (χ3n) is 4.24. The fourth-order valence-corrected chi connectivity index (χ4v) is 3.03. The second kappa shape index (κ2) is 6.32. The molecule has 1 heterocycles. The van der Waals surface area contributed by atoms with Crippen molar-refractivity contribution < 1.29 is 9.47 Å². The zero-order valence-electron chi connectivity index (χ0n) is 14.1. The number of pyridine rings is 1. The van der Waals surface area contributed by atoms with Gasteiger partial charge in [0.1, 0.15) is 0 Å². The summed E-state index contributed by atoms with van der Waals surface area (Å²) in [6.07, 6.45) is 0. The molecular weight excluding hydrogens is 312 g/mol. The highest BCUT2D eigenvalue weighted by Crippen LogP contribution is 2.35. The highest BCUT2D eigenvalue weighted by atomic mass is 16.5. The summed E-state index contributed by atoms with van der Waals surface area (Å²) in [5.74, 6) is 1.40. The standard InChI is InChI=1S/C21H18N2O2/c1-24-19-12-11-14(13-20(19)25-2)22-21-15-7-3-5-9-17(15)23-18-10-6-4-8-16(18)21/h3-13H,1-2H3,(H,22,23). The summed E-state index contributed by atoms with van der Waals surface area (Å²) in [5, 5.41) is 5.70. The van der Waals surface area contributed by atoms with Crippen LogP contribution in [0, 0.1) is 0 Å². The molecule has 124 valence electrons. The minimum Gasteiger partial charge on any atom is -0.493 e. The van der Waals surface area contributed by atoms with Gasteiger partial charge < -0.3 is 14.8 Å². The Kier molecular flexibility index (Phi) is 3.86. The van der Waals surface area contributed by atoms with Crippen molar-refractivity contribution in [1.82, 2.24) is 4.98 Å². The summed E-state index contributed by atoms with van der Waals surface area (Å²) in [6, 6.07) is 22.1. The molecule has 25 heavy (non-hydrogen) atoms. The second-order valence-corrected chi connectivity index (χ2v) is 5.72.